The Balaban J connectivity index is 2.37. The number of hydrogen-bond acceptors (Lipinski definition) is 5. The Morgan fingerprint density at radius 2 is 2.10 bits per heavy atom. The summed E-state index contributed by atoms with van der Waals surface area (Å²) in [5, 5.41) is 17.6. The average Bonchev–Trinajstić information content (AvgIpc) is 2.43. The van der Waals surface area contributed by atoms with Crippen LogP contribution in [0.4, 0.5) is 0 Å². The summed E-state index contributed by atoms with van der Waals surface area (Å²) in [6.07, 6.45) is 0. The lowest BCUT2D eigenvalue weighted by molar-refractivity contribution is -0.139. The van der Waals surface area contributed by atoms with Crippen LogP contribution in [-0.4, -0.2) is 34.2 Å². The van der Waals surface area contributed by atoms with Gasteiger partial charge in [-0.3, -0.25) is 4.79 Å². The molecule has 0 unspecified atom stereocenters. The first-order valence-electron chi connectivity index (χ1n) is 6.12. The molecule has 108 valence electrons. The van der Waals surface area contributed by atoms with Crippen molar-refractivity contribution >= 4 is 17.7 Å². The molecule has 0 aromatic heterocycles. The molecule has 0 saturated carbocycles. The van der Waals surface area contributed by atoms with Crippen molar-refractivity contribution in [2.45, 2.75) is 24.6 Å². The van der Waals surface area contributed by atoms with Gasteiger partial charge in [-0.15, -0.1) is 11.8 Å². The first-order valence-corrected chi connectivity index (χ1v) is 7.10. The molecule has 0 fully saturated rings. The van der Waals surface area contributed by atoms with E-state index in [1.54, 1.807) is 38.1 Å². The first-order chi connectivity index (χ1) is 9.36. The second-order valence-electron chi connectivity index (χ2n) is 4.75. The fourth-order valence-electron chi connectivity index (χ4n) is 1.48. The number of benzene rings is 1. The standard InChI is InChI=1S/C14H18N2O3S/c1-14(2,12(16)13(17)18)20-8-7-19-11-5-3-10(9-15)4-6-11/h3-6,12H,7-8,16H2,1-2H3,(H,17,18)/t12-/m0/s1. The predicted molar refractivity (Wildman–Crippen MR) is 78.8 cm³/mol. The molecule has 0 spiro atoms. The highest BCUT2D eigenvalue weighted by molar-refractivity contribution is 8.00. The van der Waals surface area contributed by atoms with E-state index in [1.807, 2.05) is 6.07 Å². The van der Waals surface area contributed by atoms with Crippen molar-refractivity contribution in [3.63, 3.8) is 0 Å². The molecule has 1 rings (SSSR count). The molecule has 0 aliphatic rings. The van der Waals surface area contributed by atoms with Crippen LogP contribution in [0.1, 0.15) is 19.4 Å². The van der Waals surface area contributed by atoms with Crippen molar-refractivity contribution in [2.24, 2.45) is 5.73 Å². The highest BCUT2D eigenvalue weighted by atomic mass is 32.2. The SMILES string of the molecule is CC(C)(SCCOc1ccc(C#N)cc1)[C@@H](N)C(=O)O. The van der Waals surface area contributed by atoms with Crippen molar-refractivity contribution in [1.82, 2.24) is 0 Å². The number of nitrogens with zero attached hydrogens (tertiary/aromatic N) is 1. The maximum Gasteiger partial charge on any atom is 0.321 e. The summed E-state index contributed by atoms with van der Waals surface area (Å²) < 4.78 is 4.97. The van der Waals surface area contributed by atoms with Gasteiger partial charge in [0.25, 0.3) is 0 Å². The Labute approximate surface area is 122 Å². The van der Waals surface area contributed by atoms with Crippen molar-refractivity contribution in [3.8, 4) is 11.8 Å². The fraction of sp³-hybridized carbons (Fsp3) is 0.429. The van der Waals surface area contributed by atoms with Gasteiger partial charge in [0.05, 0.1) is 18.2 Å². The quantitative estimate of drug-likeness (QED) is 0.745. The lowest BCUT2D eigenvalue weighted by Crippen LogP contribution is -2.47. The molecule has 3 N–H and O–H groups in total. The van der Waals surface area contributed by atoms with Gasteiger partial charge in [-0.1, -0.05) is 0 Å². The van der Waals surface area contributed by atoms with E-state index in [-0.39, 0.29) is 0 Å². The second kappa shape index (κ2) is 7.17. The molecule has 1 aromatic rings. The van der Waals surface area contributed by atoms with E-state index in [9.17, 15) is 4.79 Å². The Bertz CT molecular complexity index is 494. The van der Waals surface area contributed by atoms with Crippen molar-refractivity contribution < 1.29 is 14.6 Å². The predicted octanol–water partition coefficient (Wildman–Crippen LogP) is 1.86. The molecule has 0 heterocycles. The van der Waals surface area contributed by atoms with Gasteiger partial charge < -0.3 is 15.6 Å². The number of carboxylic acids is 1. The number of thioether (sulfide) groups is 1. The zero-order chi connectivity index (χ0) is 15.2. The van der Waals surface area contributed by atoms with Crippen molar-refractivity contribution in [1.29, 1.82) is 5.26 Å². The van der Waals surface area contributed by atoms with Gasteiger partial charge >= 0.3 is 5.97 Å². The number of nitriles is 1. The van der Waals surface area contributed by atoms with Crippen molar-refractivity contribution in [3.05, 3.63) is 29.8 Å². The Morgan fingerprint density at radius 1 is 1.50 bits per heavy atom. The number of rotatable bonds is 7. The molecule has 0 saturated heterocycles. The minimum absolute atomic E-state index is 0.451. The van der Waals surface area contributed by atoms with Gasteiger partial charge in [-0.25, -0.2) is 0 Å². The van der Waals surface area contributed by atoms with E-state index in [1.165, 1.54) is 11.8 Å². The molecule has 20 heavy (non-hydrogen) atoms. The molecular weight excluding hydrogens is 276 g/mol. The minimum atomic E-state index is -1.00. The van der Waals surface area contributed by atoms with Crippen LogP contribution in [0.3, 0.4) is 0 Å². The summed E-state index contributed by atoms with van der Waals surface area (Å²) in [6.45, 7) is 4.06. The van der Waals surface area contributed by atoms with E-state index >= 15 is 0 Å². The minimum Gasteiger partial charge on any atom is -0.493 e. The van der Waals surface area contributed by atoms with Crippen LogP contribution >= 0.6 is 11.8 Å². The van der Waals surface area contributed by atoms with E-state index < -0.39 is 16.8 Å². The van der Waals surface area contributed by atoms with E-state index in [4.69, 9.17) is 20.8 Å². The van der Waals surface area contributed by atoms with Gasteiger partial charge in [0.15, 0.2) is 0 Å². The zero-order valence-electron chi connectivity index (χ0n) is 11.5. The summed E-state index contributed by atoms with van der Waals surface area (Å²) in [5.74, 6) is 0.314. The monoisotopic (exact) mass is 294 g/mol. The largest absolute Gasteiger partial charge is 0.493 e. The van der Waals surface area contributed by atoms with E-state index in [0.717, 1.165) is 0 Å². The van der Waals surface area contributed by atoms with Gasteiger partial charge in [-0.2, -0.15) is 5.26 Å². The van der Waals surface area contributed by atoms with Crippen LogP contribution in [0.15, 0.2) is 24.3 Å². The summed E-state index contributed by atoms with van der Waals surface area (Å²) >= 11 is 1.46. The van der Waals surface area contributed by atoms with E-state index in [2.05, 4.69) is 0 Å². The lowest BCUT2D eigenvalue weighted by atomic mass is 10.1. The van der Waals surface area contributed by atoms with E-state index in [0.29, 0.717) is 23.7 Å². The highest BCUT2D eigenvalue weighted by Crippen LogP contribution is 2.27. The smallest absolute Gasteiger partial charge is 0.321 e. The third kappa shape index (κ3) is 4.76. The topological polar surface area (TPSA) is 96.3 Å². The summed E-state index contributed by atoms with van der Waals surface area (Å²) in [5.41, 5.74) is 6.21. The molecule has 0 aliphatic carbocycles. The van der Waals surface area contributed by atoms with Crippen LogP contribution in [-0.2, 0) is 4.79 Å². The molecule has 1 aromatic carbocycles. The van der Waals surface area contributed by atoms with Crippen LogP contribution in [0.25, 0.3) is 0 Å². The van der Waals surface area contributed by atoms with Gasteiger partial charge in [0, 0.05) is 10.5 Å². The van der Waals surface area contributed by atoms with Crippen molar-refractivity contribution in [2.75, 3.05) is 12.4 Å². The number of nitrogens with two attached hydrogens (primary N) is 1. The molecule has 0 radical (unpaired) electrons. The zero-order valence-corrected chi connectivity index (χ0v) is 12.3. The Kier molecular flexibility index (Phi) is 5.86. The fourth-order valence-corrected chi connectivity index (χ4v) is 2.45. The highest BCUT2D eigenvalue weighted by Gasteiger charge is 2.32. The first kappa shape index (κ1) is 16.3. The average molecular weight is 294 g/mol. The van der Waals surface area contributed by atoms with Gasteiger partial charge in [-0.05, 0) is 38.1 Å². The normalized spacial score (nSPS) is 12.5. The number of carbonyl (C=O) groups is 1. The van der Waals surface area contributed by atoms with Gasteiger partial charge in [0.1, 0.15) is 11.8 Å². The third-order valence-corrected chi connectivity index (χ3v) is 4.19. The Hall–Kier alpha value is -1.71. The molecule has 0 amide bonds. The maximum absolute atomic E-state index is 10.9. The molecular formula is C14H18N2O3S. The summed E-state index contributed by atoms with van der Waals surface area (Å²) in [4.78, 5) is 10.9. The number of ether oxygens (including phenoxy) is 1. The number of aliphatic carboxylic acids is 1. The Morgan fingerprint density at radius 3 is 2.60 bits per heavy atom. The van der Waals surface area contributed by atoms with Crippen LogP contribution in [0.2, 0.25) is 0 Å². The summed E-state index contributed by atoms with van der Waals surface area (Å²) in [6, 6.07) is 7.96. The van der Waals surface area contributed by atoms with Crippen LogP contribution < -0.4 is 10.5 Å². The van der Waals surface area contributed by atoms with Crippen LogP contribution in [0.5, 0.6) is 5.75 Å². The molecule has 0 bridgehead atoms. The molecule has 5 nitrogen and oxygen atoms in total. The second-order valence-corrected chi connectivity index (χ2v) is 6.50. The summed E-state index contributed by atoms with van der Waals surface area (Å²) in [7, 11) is 0. The number of carboxylic acid groups (broad SMARTS) is 1. The maximum atomic E-state index is 10.9. The molecule has 1 atom stereocenters. The molecule has 6 heteroatoms. The van der Waals surface area contributed by atoms with Gasteiger partial charge in [0.2, 0.25) is 0 Å². The molecule has 0 aliphatic heterocycles. The lowest BCUT2D eigenvalue weighted by Gasteiger charge is -2.27. The van der Waals surface area contributed by atoms with Crippen LogP contribution in [0, 0.1) is 11.3 Å². The third-order valence-electron chi connectivity index (χ3n) is 2.82. The number of hydrogen-bond donors (Lipinski definition) is 2.